The Labute approximate surface area is 170 Å². The molecule has 0 amide bonds. The van der Waals surface area contributed by atoms with E-state index in [0.29, 0.717) is 21.5 Å². The molecule has 5 aromatic rings. The van der Waals surface area contributed by atoms with Crippen LogP contribution < -0.4 is 5.56 Å². The van der Waals surface area contributed by atoms with Gasteiger partial charge in [0.05, 0.1) is 16.1 Å². The number of rotatable bonds is 2. The fourth-order valence-electron chi connectivity index (χ4n) is 3.76. The van der Waals surface area contributed by atoms with Gasteiger partial charge in [0.2, 0.25) is 0 Å². The number of fused-ring (bicyclic) bond motifs is 2. The van der Waals surface area contributed by atoms with Gasteiger partial charge in [-0.2, -0.15) is 0 Å². The molecule has 0 fully saturated rings. The fraction of sp³-hybridized carbons (Fsp3) is 0.0435. The Balaban J connectivity index is 1.77. The topological polar surface area (TPSA) is 70.9 Å². The minimum atomic E-state index is -0.379. The highest BCUT2D eigenvalue weighted by Gasteiger charge is 2.16. The Kier molecular flexibility index (Phi) is 3.93. The molecule has 0 aliphatic carbocycles. The van der Waals surface area contributed by atoms with Crippen LogP contribution in [0.15, 0.2) is 71.9 Å². The van der Waals surface area contributed by atoms with Crippen molar-refractivity contribution < 1.29 is 5.11 Å². The normalized spacial score (nSPS) is 11.4. The molecule has 6 heteroatoms. The number of aromatic hydroxyl groups is 1. The molecule has 0 unspecified atom stereocenters. The molecule has 0 saturated carbocycles. The highest BCUT2D eigenvalue weighted by molar-refractivity contribution is 6.34. The van der Waals surface area contributed by atoms with Crippen LogP contribution in [0.5, 0.6) is 5.75 Å². The Hall–Kier alpha value is -3.57. The van der Waals surface area contributed by atoms with Crippen LogP contribution in [-0.4, -0.2) is 19.6 Å². The number of nitrogens with zero attached hydrogens (tertiary/aromatic N) is 2. The molecule has 0 atom stereocenters. The van der Waals surface area contributed by atoms with Crippen LogP contribution in [0.1, 0.15) is 0 Å². The Morgan fingerprint density at radius 2 is 1.83 bits per heavy atom. The van der Waals surface area contributed by atoms with Crippen LogP contribution >= 0.6 is 11.6 Å². The van der Waals surface area contributed by atoms with E-state index in [0.717, 1.165) is 22.0 Å². The zero-order chi connectivity index (χ0) is 20.1. The van der Waals surface area contributed by atoms with Gasteiger partial charge in [-0.05, 0) is 53.6 Å². The first-order valence-corrected chi connectivity index (χ1v) is 9.45. The van der Waals surface area contributed by atoms with Crippen LogP contribution in [0.3, 0.4) is 0 Å². The molecule has 0 saturated heterocycles. The van der Waals surface area contributed by atoms with Crippen molar-refractivity contribution in [2.75, 3.05) is 0 Å². The summed E-state index contributed by atoms with van der Waals surface area (Å²) in [6, 6.07) is 15.0. The van der Waals surface area contributed by atoms with Gasteiger partial charge in [-0.15, -0.1) is 0 Å². The summed E-state index contributed by atoms with van der Waals surface area (Å²) in [6.45, 7) is 0. The van der Waals surface area contributed by atoms with Crippen LogP contribution in [0, 0.1) is 0 Å². The standard InChI is InChI=1S/C23H16ClN3O2/c1-27-9-6-15-10-14(2-3-20(15)27)16-11-17-19(12-18(16)24)26-23(29)21(22(17)28)13-4-7-25-8-5-13/h2-12H,1H3,(H2,26,28,29). The SMILES string of the molecule is Cn1ccc2cc(-c3cc4c(O)c(-c5ccncc5)c(=O)[nH]c4cc3Cl)ccc21. The molecule has 0 aliphatic heterocycles. The number of hydrogen-bond acceptors (Lipinski definition) is 3. The van der Waals surface area contributed by atoms with Gasteiger partial charge in [-0.3, -0.25) is 9.78 Å². The maximum atomic E-state index is 12.6. The van der Waals surface area contributed by atoms with Gasteiger partial charge in [0.1, 0.15) is 5.75 Å². The van der Waals surface area contributed by atoms with Gasteiger partial charge >= 0.3 is 0 Å². The number of aromatic amines is 1. The number of hydrogen-bond donors (Lipinski definition) is 2. The zero-order valence-electron chi connectivity index (χ0n) is 15.5. The first kappa shape index (κ1) is 17.5. The van der Waals surface area contributed by atoms with E-state index in [4.69, 9.17) is 11.6 Å². The summed E-state index contributed by atoms with van der Waals surface area (Å²) in [6.07, 6.45) is 5.18. The second-order valence-electron chi connectivity index (χ2n) is 6.99. The number of H-pyrrole nitrogens is 1. The molecule has 5 rings (SSSR count). The van der Waals surface area contributed by atoms with Gasteiger partial charge in [-0.25, -0.2) is 0 Å². The van der Waals surface area contributed by atoms with Crippen molar-refractivity contribution in [1.82, 2.24) is 14.5 Å². The molecule has 0 spiro atoms. The number of benzene rings is 2. The molecule has 2 N–H and O–H groups in total. The lowest BCUT2D eigenvalue weighted by Gasteiger charge is -2.11. The minimum absolute atomic E-state index is 0.0753. The van der Waals surface area contributed by atoms with Crippen molar-refractivity contribution >= 4 is 33.4 Å². The Bertz CT molecular complexity index is 1450. The molecule has 29 heavy (non-hydrogen) atoms. The lowest BCUT2D eigenvalue weighted by atomic mass is 9.99. The molecule has 5 nitrogen and oxygen atoms in total. The molecule has 142 valence electrons. The maximum Gasteiger partial charge on any atom is 0.260 e. The van der Waals surface area contributed by atoms with E-state index < -0.39 is 0 Å². The second-order valence-corrected chi connectivity index (χ2v) is 7.40. The van der Waals surface area contributed by atoms with E-state index in [1.54, 1.807) is 30.6 Å². The van der Waals surface area contributed by atoms with E-state index >= 15 is 0 Å². The summed E-state index contributed by atoms with van der Waals surface area (Å²) >= 11 is 6.54. The molecule has 3 aromatic heterocycles. The lowest BCUT2D eigenvalue weighted by Crippen LogP contribution is -2.09. The Morgan fingerprint density at radius 3 is 2.62 bits per heavy atom. The maximum absolute atomic E-state index is 12.6. The van der Waals surface area contributed by atoms with Crippen molar-refractivity contribution in [2.45, 2.75) is 0 Å². The van der Waals surface area contributed by atoms with Crippen LogP contribution in [0.25, 0.3) is 44.1 Å². The van der Waals surface area contributed by atoms with Gasteiger partial charge in [-0.1, -0.05) is 17.7 Å². The molecule has 0 aliphatic rings. The predicted molar refractivity (Wildman–Crippen MR) is 116 cm³/mol. The summed E-state index contributed by atoms with van der Waals surface area (Å²) in [4.78, 5) is 19.4. The van der Waals surface area contributed by atoms with Gasteiger partial charge < -0.3 is 14.7 Å². The fourth-order valence-corrected chi connectivity index (χ4v) is 4.03. The van der Waals surface area contributed by atoms with Crippen molar-refractivity contribution in [3.05, 3.63) is 82.5 Å². The first-order chi connectivity index (χ1) is 14.0. The number of aryl methyl sites for hydroxylation is 1. The molecular formula is C23H16ClN3O2. The van der Waals surface area contributed by atoms with E-state index in [9.17, 15) is 9.90 Å². The summed E-state index contributed by atoms with van der Waals surface area (Å²) in [5.74, 6) is -0.0753. The highest BCUT2D eigenvalue weighted by Crippen LogP contribution is 2.38. The molecule has 0 radical (unpaired) electrons. The van der Waals surface area contributed by atoms with E-state index in [-0.39, 0.29) is 16.9 Å². The average molecular weight is 402 g/mol. The number of pyridine rings is 2. The number of aromatic nitrogens is 3. The van der Waals surface area contributed by atoms with E-state index in [1.165, 1.54) is 0 Å². The van der Waals surface area contributed by atoms with Gasteiger partial charge in [0.25, 0.3) is 5.56 Å². The molecule has 0 bridgehead atoms. The lowest BCUT2D eigenvalue weighted by molar-refractivity contribution is 0.482. The van der Waals surface area contributed by atoms with E-state index in [2.05, 4.69) is 20.6 Å². The second kappa shape index (κ2) is 6.50. The third-order valence-electron chi connectivity index (χ3n) is 5.24. The minimum Gasteiger partial charge on any atom is -0.506 e. The molecular weight excluding hydrogens is 386 g/mol. The summed E-state index contributed by atoms with van der Waals surface area (Å²) in [5, 5.41) is 13.1. The van der Waals surface area contributed by atoms with Crippen molar-refractivity contribution in [3.8, 4) is 28.0 Å². The van der Waals surface area contributed by atoms with Crippen LogP contribution in [0.4, 0.5) is 0 Å². The predicted octanol–water partition coefficient (Wildman–Crippen LogP) is 5.11. The van der Waals surface area contributed by atoms with Crippen molar-refractivity contribution in [1.29, 1.82) is 0 Å². The largest absolute Gasteiger partial charge is 0.506 e. The highest BCUT2D eigenvalue weighted by atomic mass is 35.5. The quantitative estimate of drug-likeness (QED) is 0.432. The first-order valence-electron chi connectivity index (χ1n) is 9.07. The van der Waals surface area contributed by atoms with E-state index in [1.807, 2.05) is 37.5 Å². The number of halogens is 1. The monoisotopic (exact) mass is 401 g/mol. The van der Waals surface area contributed by atoms with Crippen LogP contribution in [-0.2, 0) is 7.05 Å². The number of nitrogens with one attached hydrogen (secondary N) is 1. The average Bonchev–Trinajstić information content (AvgIpc) is 3.08. The van der Waals surface area contributed by atoms with Gasteiger partial charge in [0, 0.05) is 47.5 Å². The summed E-state index contributed by atoms with van der Waals surface area (Å²) in [7, 11) is 2.00. The van der Waals surface area contributed by atoms with Crippen molar-refractivity contribution in [2.24, 2.45) is 7.05 Å². The van der Waals surface area contributed by atoms with Gasteiger partial charge in [0.15, 0.2) is 0 Å². The summed E-state index contributed by atoms with van der Waals surface area (Å²) < 4.78 is 2.05. The summed E-state index contributed by atoms with van der Waals surface area (Å²) in [5.41, 5.74) is 3.77. The zero-order valence-corrected chi connectivity index (χ0v) is 16.2. The smallest absolute Gasteiger partial charge is 0.260 e. The molecule has 2 aromatic carbocycles. The van der Waals surface area contributed by atoms with Crippen LogP contribution in [0.2, 0.25) is 5.02 Å². The Morgan fingerprint density at radius 1 is 1.03 bits per heavy atom. The third kappa shape index (κ3) is 2.79. The third-order valence-corrected chi connectivity index (χ3v) is 5.55. The van der Waals surface area contributed by atoms with Crippen molar-refractivity contribution in [3.63, 3.8) is 0 Å². The molecule has 3 heterocycles.